The van der Waals surface area contributed by atoms with Gasteiger partial charge in [0.25, 0.3) is 0 Å². The third-order valence-electron chi connectivity index (χ3n) is 2.78. The number of benzene rings is 2. The molecule has 0 amide bonds. The number of nitrogens with two attached hydrogens (primary N) is 1. The van der Waals surface area contributed by atoms with Gasteiger partial charge in [-0.15, -0.1) is 11.8 Å². The molecular weight excluding hydrogens is 363 g/mol. The van der Waals surface area contributed by atoms with Gasteiger partial charge in [0.05, 0.1) is 6.04 Å². The van der Waals surface area contributed by atoms with Crippen molar-refractivity contribution in [2.75, 3.05) is 5.75 Å². The lowest BCUT2D eigenvalue weighted by atomic mass is 10.1. The molecule has 0 bridgehead atoms. The average molecular weight is 376 g/mol. The summed E-state index contributed by atoms with van der Waals surface area (Å²) in [7, 11) is 0. The molecule has 20 heavy (non-hydrogen) atoms. The molecule has 2 aromatic carbocycles. The highest BCUT2D eigenvalue weighted by Gasteiger charge is 2.15. The van der Waals surface area contributed by atoms with Gasteiger partial charge in [0, 0.05) is 25.7 Å². The van der Waals surface area contributed by atoms with E-state index in [1.54, 1.807) is 23.9 Å². The number of nitrogens with one attached hydrogen (secondary N) is 1. The first-order valence-corrected chi connectivity index (χ1v) is 8.06. The molecular formula is C14H13BrClFN2S. The molecule has 0 saturated carbocycles. The van der Waals surface area contributed by atoms with Crippen molar-refractivity contribution in [2.24, 2.45) is 5.84 Å². The first-order valence-electron chi connectivity index (χ1n) is 5.90. The summed E-state index contributed by atoms with van der Waals surface area (Å²) in [6, 6.07) is 12.2. The molecule has 0 aliphatic rings. The molecule has 0 spiro atoms. The van der Waals surface area contributed by atoms with Crippen molar-refractivity contribution in [3.05, 3.63) is 63.3 Å². The Morgan fingerprint density at radius 1 is 1.30 bits per heavy atom. The maximum atomic E-state index is 13.9. The van der Waals surface area contributed by atoms with Crippen molar-refractivity contribution >= 4 is 39.3 Å². The van der Waals surface area contributed by atoms with Crippen LogP contribution in [0, 0.1) is 5.82 Å². The maximum absolute atomic E-state index is 13.9. The number of hydrazine groups is 1. The van der Waals surface area contributed by atoms with Crippen molar-refractivity contribution in [2.45, 2.75) is 10.9 Å². The molecule has 106 valence electrons. The second-order valence-electron chi connectivity index (χ2n) is 4.13. The highest BCUT2D eigenvalue weighted by Crippen LogP contribution is 2.31. The van der Waals surface area contributed by atoms with Crippen molar-refractivity contribution in [1.82, 2.24) is 5.43 Å². The molecule has 1 unspecified atom stereocenters. The quantitative estimate of drug-likeness (QED) is 0.458. The van der Waals surface area contributed by atoms with E-state index in [9.17, 15) is 4.39 Å². The van der Waals surface area contributed by atoms with Crippen molar-refractivity contribution in [1.29, 1.82) is 0 Å². The van der Waals surface area contributed by atoms with Gasteiger partial charge in [-0.25, -0.2) is 4.39 Å². The monoisotopic (exact) mass is 374 g/mol. The first kappa shape index (κ1) is 15.8. The molecule has 0 fully saturated rings. The second kappa shape index (κ2) is 7.43. The Morgan fingerprint density at radius 3 is 2.70 bits per heavy atom. The Labute approximate surface area is 135 Å². The average Bonchev–Trinajstić information content (AvgIpc) is 2.43. The van der Waals surface area contributed by atoms with Gasteiger partial charge in [0.1, 0.15) is 5.82 Å². The summed E-state index contributed by atoms with van der Waals surface area (Å²) in [5.41, 5.74) is 3.16. The summed E-state index contributed by atoms with van der Waals surface area (Å²) < 4.78 is 14.9. The van der Waals surface area contributed by atoms with E-state index >= 15 is 0 Å². The van der Waals surface area contributed by atoms with Crippen LogP contribution >= 0.6 is 39.3 Å². The Bertz CT molecular complexity index is 597. The fourth-order valence-corrected chi connectivity index (χ4v) is 3.54. The fourth-order valence-electron chi connectivity index (χ4n) is 1.75. The van der Waals surface area contributed by atoms with Crippen LogP contribution in [0.4, 0.5) is 4.39 Å². The zero-order chi connectivity index (χ0) is 14.5. The van der Waals surface area contributed by atoms with Crippen molar-refractivity contribution in [3.63, 3.8) is 0 Å². The molecule has 1 atom stereocenters. The predicted octanol–water partition coefficient (Wildman–Crippen LogP) is 4.54. The van der Waals surface area contributed by atoms with Crippen LogP contribution in [-0.2, 0) is 0 Å². The number of hydrogen-bond acceptors (Lipinski definition) is 3. The van der Waals surface area contributed by atoms with Gasteiger partial charge < -0.3 is 0 Å². The minimum absolute atomic E-state index is 0.288. The molecule has 0 aliphatic heterocycles. The van der Waals surface area contributed by atoms with Gasteiger partial charge in [0.2, 0.25) is 0 Å². The summed E-state index contributed by atoms with van der Waals surface area (Å²) >= 11 is 10.8. The Balaban J connectivity index is 2.11. The molecule has 0 aromatic heterocycles. The van der Waals surface area contributed by atoms with Crippen LogP contribution in [0.5, 0.6) is 0 Å². The van der Waals surface area contributed by atoms with E-state index in [0.717, 1.165) is 9.37 Å². The Hall–Kier alpha value is -0.590. The molecule has 0 heterocycles. The zero-order valence-corrected chi connectivity index (χ0v) is 13.6. The van der Waals surface area contributed by atoms with Crippen LogP contribution in [-0.4, -0.2) is 5.75 Å². The van der Waals surface area contributed by atoms with Crippen molar-refractivity contribution in [3.8, 4) is 0 Å². The smallest absolute Gasteiger partial charge is 0.129 e. The lowest BCUT2D eigenvalue weighted by molar-refractivity contribution is 0.546. The Morgan fingerprint density at radius 2 is 2.05 bits per heavy atom. The van der Waals surface area contributed by atoms with Crippen LogP contribution in [0.3, 0.4) is 0 Å². The fraction of sp³-hybridized carbons (Fsp3) is 0.143. The molecule has 2 nitrogen and oxygen atoms in total. The second-order valence-corrected chi connectivity index (χ2v) is 6.48. The largest absolute Gasteiger partial charge is 0.271 e. The highest BCUT2D eigenvalue weighted by molar-refractivity contribution is 9.10. The number of thioether (sulfide) groups is 1. The van der Waals surface area contributed by atoms with Gasteiger partial charge in [-0.05, 0) is 40.2 Å². The van der Waals surface area contributed by atoms with Crippen LogP contribution in [0.2, 0.25) is 5.02 Å². The molecule has 2 aromatic rings. The summed E-state index contributed by atoms with van der Waals surface area (Å²) in [6.07, 6.45) is 0. The maximum Gasteiger partial charge on any atom is 0.129 e. The normalized spacial score (nSPS) is 12.4. The summed E-state index contributed by atoms with van der Waals surface area (Å²) in [6.45, 7) is 0. The topological polar surface area (TPSA) is 38.0 Å². The van der Waals surface area contributed by atoms with Gasteiger partial charge in [-0.1, -0.05) is 29.8 Å². The number of halogens is 3. The molecule has 0 aliphatic carbocycles. The standard InChI is InChI=1S/C14H13BrClFN2S/c15-11-3-1-2-4-14(11)20-8-13(19-18)10-6-5-9(16)7-12(10)17/h1-7,13,19H,8,18H2. The zero-order valence-electron chi connectivity index (χ0n) is 10.4. The van der Waals surface area contributed by atoms with Crippen LogP contribution in [0.15, 0.2) is 51.8 Å². The lowest BCUT2D eigenvalue weighted by Gasteiger charge is -2.17. The summed E-state index contributed by atoms with van der Waals surface area (Å²) in [4.78, 5) is 1.09. The molecule has 6 heteroatoms. The first-order chi connectivity index (χ1) is 9.61. The minimum Gasteiger partial charge on any atom is -0.271 e. The van der Waals surface area contributed by atoms with E-state index < -0.39 is 0 Å². The molecule has 3 N–H and O–H groups in total. The van der Waals surface area contributed by atoms with E-state index in [4.69, 9.17) is 17.4 Å². The number of rotatable bonds is 5. The van der Waals surface area contributed by atoms with E-state index in [1.807, 2.05) is 24.3 Å². The molecule has 0 radical (unpaired) electrons. The highest BCUT2D eigenvalue weighted by atomic mass is 79.9. The van der Waals surface area contributed by atoms with Crippen molar-refractivity contribution < 1.29 is 4.39 Å². The molecule has 0 saturated heterocycles. The van der Waals surface area contributed by atoms with Gasteiger partial charge in [0.15, 0.2) is 0 Å². The van der Waals surface area contributed by atoms with Gasteiger partial charge >= 0.3 is 0 Å². The predicted molar refractivity (Wildman–Crippen MR) is 86.3 cm³/mol. The summed E-state index contributed by atoms with van der Waals surface area (Å²) in [5.74, 6) is 5.79. The van der Waals surface area contributed by atoms with E-state index in [2.05, 4.69) is 21.4 Å². The van der Waals surface area contributed by atoms with E-state index in [0.29, 0.717) is 16.3 Å². The van der Waals surface area contributed by atoms with Gasteiger partial charge in [-0.2, -0.15) is 0 Å². The van der Waals surface area contributed by atoms with Gasteiger partial charge in [-0.3, -0.25) is 11.3 Å². The number of hydrogen-bond donors (Lipinski definition) is 2. The SMILES string of the molecule is NNC(CSc1ccccc1Br)c1ccc(Cl)cc1F. The molecule has 2 rings (SSSR count). The third kappa shape index (κ3) is 3.96. The van der Waals surface area contributed by atoms with E-state index in [-0.39, 0.29) is 11.9 Å². The lowest BCUT2D eigenvalue weighted by Crippen LogP contribution is -2.30. The van der Waals surface area contributed by atoms with Crippen LogP contribution < -0.4 is 11.3 Å². The van der Waals surface area contributed by atoms with Crippen LogP contribution in [0.1, 0.15) is 11.6 Å². The third-order valence-corrected chi connectivity index (χ3v) is 5.14. The summed E-state index contributed by atoms with van der Waals surface area (Å²) in [5, 5.41) is 0.375. The van der Waals surface area contributed by atoms with E-state index in [1.165, 1.54) is 6.07 Å². The van der Waals surface area contributed by atoms with Crippen LogP contribution in [0.25, 0.3) is 0 Å². The Kier molecular flexibility index (Phi) is 5.86. The minimum atomic E-state index is -0.354.